The van der Waals surface area contributed by atoms with Crippen LogP contribution in [0.25, 0.3) is 10.1 Å². The van der Waals surface area contributed by atoms with Gasteiger partial charge in [-0.05, 0) is 38.8 Å². The molecule has 3 aromatic rings. The summed E-state index contributed by atoms with van der Waals surface area (Å²) in [6, 6.07) is 10.7. The normalized spacial score (nSPS) is 12.6. The zero-order valence-corrected chi connectivity index (χ0v) is 13.5. The van der Waals surface area contributed by atoms with Gasteiger partial charge in [-0.15, -0.1) is 11.3 Å². The lowest BCUT2D eigenvalue weighted by Crippen LogP contribution is -2.03. The van der Waals surface area contributed by atoms with Crippen molar-refractivity contribution in [2.75, 3.05) is 7.11 Å². The second-order valence-electron chi connectivity index (χ2n) is 4.60. The van der Waals surface area contributed by atoms with E-state index in [-0.39, 0.29) is 0 Å². The molecular weight excluding hydrogens is 355 g/mol. The maximum atomic E-state index is 13.6. The fourth-order valence-electron chi connectivity index (χ4n) is 2.31. The Kier molecular flexibility index (Phi) is 3.97. The first-order valence-corrected chi connectivity index (χ1v) is 7.96. The Hall–Kier alpha value is -1.43. The summed E-state index contributed by atoms with van der Waals surface area (Å²) in [4.78, 5) is 0. The van der Waals surface area contributed by atoms with Crippen molar-refractivity contribution in [3.05, 3.63) is 63.2 Å². The van der Waals surface area contributed by atoms with E-state index in [0.29, 0.717) is 15.8 Å². The van der Waals surface area contributed by atoms with Crippen LogP contribution in [0.15, 0.2) is 46.3 Å². The van der Waals surface area contributed by atoms with Gasteiger partial charge in [0.1, 0.15) is 17.7 Å². The number of thiophene rings is 1. The average molecular weight is 367 g/mol. The third-order valence-electron chi connectivity index (χ3n) is 3.37. The number of methoxy groups -OCH3 is 1. The van der Waals surface area contributed by atoms with Crippen LogP contribution in [0.4, 0.5) is 4.39 Å². The summed E-state index contributed by atoms with van der Waals surface area (Å²) >= 11 is 4.72. The first-order chi connectivity index (χ1) is 10.1. The molecule has 2 nitrogen and oxygen atoms in total. The van der Waals surface area contributed by atoms with Crippen molar-refractivity contribution >= 4 is 37.4 Å². The minimum atomic E-state index is -0.868. The molecule has 0 aliphatic heterocycles. The van der Waals surface area contributed by atoms with Gasteiger partial charge >= 0.3 is 0 Å². The molecule has 0 aliphatic rings. The molecule has 1 N–H and O–H groups in total. The Morgan fingerprint density at radius 3 is 2.76 bits per heavy atom. The number of hydrogen-bond donors (Lipinski definition) is 1. The summed E-state index contributed by atoms with van der Waals surface area (Å²) in [5, 5.41) is 13.6. The standard InChI is InChI=1S/C16H12BrFO2S/c1-20-14-7-13(18)12(17)6-10(14)16(19)11-8-21-15-5-3-2-4-9(11)15/h2-8,16,19H,1H3. The Morgan fingerprint density at radius 1 is 1.24 bits per heavy atom. The fraction of sp³-hybridized carbons (Fsp3) is 0.125. The Labute approximate surface area is 133 Å². The van der Waals surface area contributed by atoms with Crippen LogP contribution in [0, 0.1) is 5.82 Å². The number of fused-ring (bicyclic) bond motifs is 1. The SMILES string of the molecule is COc1cc(F)c(Br)cc1C(O)c1csc2ccccc12. The van der Waals surface area contributed by atoms with E-state index >= 15 is 0 Å². The maximum absolute atomic E-state index is 13.6. The van der Waals surface area contributed by atoms with Gasteiger partial charge in [0.25, 0.3) is 0 Å². The quantitative estimate of drug-likeness (QED) is 0.714. The molecule has 0 radical (unpaired) electrons. The number of aliphatic hydroxyl groups excluding tert-OH is 1. The van der Waals surface area contributed by atoms with E-state index in [1.54, 1.807) is 17.4 Å². The van der Waals surface area contributed by atoms with E-state index < -0.39 is 11.9 Å². The van der Waals surface area contributed by atoms with Gasteiger partial charge in [-0.3, -0.25) is 0 Å². The van der Waals surface area contributed by atoms with Crippen LogP contribution in [-0.2, 0) is 0 Å². The third-order valence-corrected chi connectivity index (χ3v) is 4.96. The van der Waals surface area contributed by atoms with Crippen molar-refractivity contribution < 1.29 is 14.2 Å². The zero-order valence-electron chi connectivity index (χ0n) is 11.1. The molecule has 5 heteroatoms. The number of benzene rings is 2. The van der Waals surface area contributed by atoms with Crippen molar-refractivity contribution in [3.63, 3.8) is 0 Å². The monoisotopic (exact) mass is 366 g/mol. The number of halogens is 2. The third kappa shape index (κ3) is 2.57. The smallest absolute Gasteiger partial charge is 0.141 e. The van der Waals surface area contributed by atoms with E-state index in [2.05, 4.69) is 15.9 Å². The summed E-state index contributed by atoms with van der Waals surface area (Å²) in [7, 11) is 1.46. The van der Waals surface area contributed by atoms with E-state index in [1.165, 1.54) is 13.2 Å². The number of hydrogen-bond acceptors (Lipinski definition) is 3. The Bertz CT molecular complexity index is 800. The van der Waals surface area contributed by atoms with Gasteiger partial charge in [0, 0.05) is 21.9 Å². The van der Waals surface area contributed by atoms with E-state index in [4.69, 9.17) is 4.74 Å². The largest absolute Gasteiger partial charge is 0.496 e. The van der Waals surface area contributed by atoms with Gasteiger partial charge in [0.15, 0.2) is 0 Å². The highest BCUT2D eigenvalue weighted by Gasteiger charge is 2.20. The molecule has 2 aromatic carbocycles. The lowest BCUT2D eigenvalue weighted by atomic mass is 10.00. The molecular formula is C16H12BrFO2S. The molecule has 1 heterocycles. The van der Waals surface area contributed by atoms with E-state index in [9.17, 15) is 9.50 Å². The van der Waals surface area contributed by atoms with Gasteiger partial charge < -0.3 is 9.84 Å². The molecule has 1 aromatic heterocycles. The van der Waals surface area contributed by atoms with Crippen molar-refractivity contribution in [1.29, 1.82) is 0 Å². The fourth-order valence-corrected chi connectivity index (χ4v) is 3.65. The van der Waals surface area contributed by atoms with Crippen molar-refractivity contribution in [1.82, 2.24) is 0 Å². The summed E-state index contributed by atoms with van der Waals surface area (Å²) in [6.07, 6.45) is -0.868. The zero-order chi connectivity index (χ0) is 15.0. The molecule has 21 heavy (non-hydrogen) atoms. The number of rotatable bonds is 3. The van der Waals surface area contributed by atoms with Crippen LogP contribution in [0.3, 0.4) is 0 Å². The number of aliphatic hydroxyl groups is 1. The average Bonchev–Trinajstić information content (AvgIpc) is 2.92. The topological polar surface area (TPSA) is 29.5 Å². The minimum Gasteiger partial charge on any atom is -0.496 e. The van der Waals surface area contributed by atoms with Gasteiger partial charge in [-0.2, -0.15) is 0 Å². The highest BCUT2D eigenvalue weighted by molar-refractivity contribution is 9.10. The lowest BCUT2D eigenvalue weighted by molar-refractivity contribution is 0.216. The van der Waals surface area contributed by atoms with Crippen molar-refractivity contribution in [2.45, 2.75) is 6.10 Å². The molecule has 1 atom stereocenters. The molecule has 0 amide bonds. The Morgan fingerprint density at radius 2 is 2.00 bits per heavy atom. The van der Waals surface area contributed by atoms with Crippen molar-refractivity contribution in [3.8, 4) is 5.75 Å². The van der Waals surface area contributed by atoms with Crippen LogP contribution in [0.5, 0.6) is 5.75 Å². The predicted molar refractivity (Wildman–Crippen MR) is 86.5 cm³/mol. The summed E-state index contributed by atoms with van der Waals surface area (Å²) < 4.78 is 20.2. The van der Waals surface area contributed by atoms with E-state index in [0.717, 1.165) is 15.6 Å². The first-order valence-electron chi connectivity index (χ1n) is 6.29. The minimum absolute atomic E-state index is 0.303. The van der Waals surface area contributed by atoms with Crippen LogP contribution >= 0.6 is 27.3 Å². The molecule has 3 rings (SSSR count). The molecule has 1 unspecified atom stereocenters. The molecule has 0 fully saturated rings. The summed E-state index contributed by atoms with van der Waals surface area (Å²) in [5.41, 5.74) is 1.33. The molecule has 108 valence electrons. The van der Waals surface area contributed by atoms with Gasteiger partial charge in [-0.25, -0.2) is 4.39 Å². The molecule has 0 saturated heterocycles. The summed E-state index contributed by atoms with van der Waals surface area (Å²) in [6.45, 7) is 0. The van der Waals surface area contributed by atoms with Crippen LogP contribution in [0.2, 0.25) is 0 Å². The van der Waals surface area contributed by atoms with Crippen LogP contribution < -0.4 is 4.74 Å². The van der Waals surface area contributed by atoms with E-state index in [1.807, 2.05) is 29.6 Å². The maximum Gasteiger partial charge on any atom is 0.141 e. The van der Waals surface area contributed by atoms with Gasteiger partial charge in [0.2, 0.25) is 0 Å². The summed E-state index contributed by atoms with van der Waals surface area (Å²) in [5.74, 6) is -0.0866. The highest BCUT2D eigenvalue weighted by Crippen LogP contribution is 2.38. The van der Waals surface area contributed by atoms with Crippen LogP contribution in [0.1, 0.15) is 17.2 Å². The van der Waals surface area contributed by atoms with Crippen LogP contribution in [-0.4, -0.2) is 12.2 Å². The molecule has 0 aliphatic carbocycles. The lowest BCUT2D eigenvalue weighted by Gasteiger charge is -2.15. The Balaban J connectivity index is 2.14. The second kappa shape index (κ2) is 5.75. The molecule has 0 bridgehead atoms. The predicted octanol–water partition coefficient (Wildman–Crippen LogP) is 4.89. The van der Waals surface area contributed by atoms with Gasteiger partial charge in [0.05, 0.1) is 11.6 Å². The number of ether oxygens (including phenoxy) is 1. The first kappa shape index (κ1) is 14.5. The molecule has 0 spiro atoms. The second-order valence-corrected chi connectivity index (χ2v) is 6.36. The van der Waals surface area contributed by atoms with Crippen molar-refractivity contribution in [2.24, 2.45) is 0 Å². The highest BCUT2D eigenvalue weighted by atomic mass is 79.9. The molecule has 0 saturated carbocycles. The van der Waals surface area contributed by atoms with Gasteiger partial charge in [-0.1, -0.05) is 18.2 Å².